The molecule has 0 radical (unpaired) electrons. The third-order valence-electron chi connectivity index (χ3n) is 5.00. The summed E-state index contributed by atoms with van der Waals surface area (Å²) in [4.78, 5) is 19.7. The lowest BCUT2D eigenvalue weighted by Crippen LogP contribution is -2.37. The first kappa shape index (κ1) is 18.3. The number of anilines is 1. The number of para-hydroxylation sites is 1. The average molecular weight is 377 g/mol. The summed E-state index contributed by atoms with van der Waals surface area (Å²) in [5, 5.41) is 5.09. The van der Waals surface area contributed by atoms with Gasteiger partial charge in [-0.15, -0.1) is 0 Å². The number of oxime groups is 1. The number of rotatable bonds is 4. The number of aryl methyl sites for hydroxylation is 2. The first-order chi connectivity index (χ1) is 13.6. The number of fused-ring (bicyclic) bond motifs is 1. The van der Waals surface area contributed by atoms with Gasteiger partial charge in [0.15, 0.2) is 0 Å². The molecule has 6 heteroatoms. The van der Waals surface area contributed by atoms with Gasteiger partial charge in [-0.1, -0.05) is 41.1 Å². The van der Waals surface area contributed by atoms with Crippen LogP contribution in [0.1, 0.15) is 21.5 Å². The highest BCUT2D eigenvalue weighted by molar-refractivity contribution is 6.05. The lowest BCUT2D eigenvalue weighted by molar-refractivity contribution is 0.0519. The second-order valence-electron chi connectivity index (χ2n) is 6.90. The Hall–Kier alpha value is -3.12. The number of hydrogen-bond donors (Lipinski definition) is 0. The molecule has 4 rings (SSSR count). The minimum absolute atomic E-state index is 0.465. The number of aromatic nitrogens is 1. The van der Waals surface area contributed by atoms with Gasteiger partial charge in [0.25, 0.3) is 0 Å². The third kappa shape index (κ3) is 3.51. The lowest BCUT2D eigenvalue weighted by atomic mass is 10.1. The summed E-state index contributed by atoms with van der Waals surface area (Å²) in [5.74, 6) is 0.591. The summed E-state index contributed by atoms with van der Waals surface area (Å²) < 4.78 is 7.65. The van der Waals surface area contributed by atoms with Crippen LogP contribution >= 0.6 is 0 Å². The molecular formula is C22H23N3O3. The largest absolute Gasteiger partial charge is 0.378 e. The monoisotopic (exact) mass is 377 g/mol. The van der Waals surface area contributed by atoms with Gasteiger partial charge in [0.2, 0.25) is 0 Å². The highest BCUT2D eigenvalue weighted by Crippen LogP contribution is 2.31. The molecule has 144 valence electrons. The quantitative estimate of drug-likeness (QED) is 0.397. The number of morpholine rings is 1. The van der Waals surface area contributed by atoms with Crippen molar-refractivity contribution in [2.45, 2.75) is 6.92 Å². The Balaban J connectivity index is 1.65. The molecule has 6 nitrogen and oxygen atoms in total. The van der Waals surface area contributed by atoms with Crippen LogP contribution in [0.25, 0.3) is 10.9 Å². The Bertz CT molecular complexity index is 1030. The Morgan fingerprint density at radius 2 is 1.93 bits per heavy atom. The molecule has 1 fully saturated rings. The van der Waals surface area contributed by atoms with E-state index in [4.69, 9.17) is 9.57 Å². The molecule has 2 aromatic carbocycles. The van der Waals surface area contributed by atoms with Crippen molar-refractivity contribution in [2.24, 2.45) is 12.2 Å². The highest BCUT2D eigenvalue weighted by Gasteiger charge is 2.21. The van der Waals surface area contributed by atoms with E-state index in [2.05, 4.69) is 26.8 Å². The Kier molecular flexibility index (Phi) is 5.12. The molecular weight excluding hydrogens is 354 g/mol. The first-order valence-corrected chi connectivity index (χ1v) is 9.36. The van der Waals surface area contributed by atoms with Crippen LogP contribution in [0.5, 0.6) is 0 Å². The summed E-state index contributed by atoms with van der Waals surface area (Å²) in [7, 11) is 2.04. The fourth-order valence-corrected chi connectivity index (χ4v) is 3.65. The van der Waals surface area contributed by atoms with Gasteiger partial charge in [0.1, 0.15) is 5.82 Å². The predicted molar refractivity (Wildman–Crippen MR) is 110 cm³/mol. The van der Waals surface area contributed by atoms with Crippen molar-refractivity contribution in [2.75, 3.05) is 31.2 Å². The Morgan fingerprint density at radius 1 is 1.14 bits per heavy atom. The minimum Gasteiger partial charge on any atom is -0.378 e. The van der Waals surface area contributed by atoms with E-state index in [0.717, 1.165) is 40.9 Å². The maximum absolute atomic E-state index is 12.3. The van der Waals surface area contributed by atoms with Crippen LogP contribution in [0.2, 0.25) is 0 Å². The smallest absolute Gasteiger partial charge is 0.365 e. The zero-order valence-electron chi connectivity index (χ0n) is 16.1. The zero-order valence-corrected chi connectivity index (χ0v) is 16.1. The summed E-state index contributed by atoms with van der Waals surface area (Å²) in [6.07, 6.45) is 1.64. The van der Waals surface area contributed by atoms with E-state index in [1.54, 1.807) is 18.3 Å². The highest BCUT2D eigenvalue weighted by atomic mass is 16.7. The molecule has 0 amide bonds. The molecule has 0 atom stereocenters. The van der Waals surface area contributed by atoms with Gasteiger partial charge in [-0.25, -0.2) is 4.79 Å². The summed E-state index contributed by atoms with van der Waals surface area (Å²) in [6.45, 7) is 4.95. The van der Waals surface area contributed by atoms with Crippen LogP contribution in [0.15, 0.2) is 53.7 Å². The van der Waals surface area contributed by atoms with Gasteiger partial charge in [-0.05, 0) is 25.1 Å². The Morgan fingerprint density at radius 3 is 2.71 bits per heavy atom. The van der Waals surface area contributed by atoms with E-state index >= 15 is 0 Å². The number of ether oxygens (including phenoxy) is 1. The lowest BCUT2D eigenvalue weighted by Gasteiger charge is -2.29. The molecule has 1 aliphatic rings. The van der Waals surface area contributed by atoms with E-state index in [-0.39, 0.29) is 0 Å². The molecule has 1 saturated heterocycles. The van der Waals surface area contributed by atoms with Crippen LogP contribution in [0.3, 0.4) is 0 Å². The molecule has 0 N–H and O–H groups in total. The summed E-state index contributed by atoms with van der Waals surface area (Å²) in [6, 6.07) is 15.4. The first-order valence-electron chi connectivity index (χ1n) is 9.36. The predicted octanol–water partition coefficient (Wildman–Crippen LogP) is 3.51. The molecule has 0 bridgehead atoms. The van der Waals surface area contributed by atoms with Crippen LogP contribution in [-0.4, -0.2) is 43.1 Å². The van der Waals surface area contributed by atoms with E-state index in [1.165, 1.54) is 0 Å². The molecule has 1 aromatic heterocycles. The van der Waals surface area contributed by atoms with Gasteiger partial charge in [0, 0.05) is 31.1 Å². The average Bonchev–Trinajstić information content (AvgIpc) is 3.01. The summed E-state index contributed by atoms with van der Waals surface area (Å²) >= 11 is 0. The van der Waals surface area contributed by atoms with Gasteiger partial charge in [-0.3, -0.25) is 0 Å². The van der Waals surface area contributed by atoms with Gasteiger partial charge < -0.3 is 19.0 Å². The number of carbonyl (C=O) groups excluding carboxylic acids is 1. The molecule has 0 unspecified atom stereocenters. The molecule has 0 spiro atoms. The van der Waals surface area contributed by atoms with Crippen LogP contribution in [0.4, 0.5) is 5.82 Å². The summed E-state index contributed by atoms with van der Waals surface area (Å²) in [5.41, 5.74) is 3.54. The van der Waals surface area contributed by atoms with E-state index in [0.29, 0.717) is 18.8 Å². The number of carbonyl (C=O) groups is 1. The van der Waals surface area contributed by atoms with Crippen LogP contribution < -0.4 is 4.90 Å². The SMILES string of the molecule is Cc1cccc(C(=O)O/N=C\c2c(N3CCOCC3)n(C)c3ccccc23)c1. The second-order valence-corrected chi connectivity index (χ2v) is 6.90. The maximum Gasteiger partial charge on any atom is 0.365 e. The van der Waals surface area contributed by atoms with Crippen LogP contribution in [0, 0.1) is 6.92 Å². The fourth-order valence-electron chi connectivity index (χ4n) is 3.65. The molecule has 0 saturated carbocycles. The molecule has 1 aliphatic heterocycles. The normalized spacial score (nSPS) is 14.7. The van der Waals surface area contributed by atoms with Gasteiger partial charge >= 0.3 is 5.97 Å². The van der Waals surface area contributed by atoms with Gasteiger partial charge in [0.05, 0.1) is 30.5 Å². The number of benzene rings is 2. The molecule has 0 aliphatic carbocycles. The number of hydrogen-bond acceptors (Lipinski definition) is 5. The minimum atomic E-state index is -0.465. The standard InChI is InChI=1S/C22H23N3O3/c1-16-6-5-7-17(14-16)22(26)28-23-15-19-18-8-3-4-9-20(18)24(2)21(19)25-10-12-27-13-11-25/h3-9,14-15H,10-13H2,1-2H3/b23-15-. The molecule has 3 aromatic rings. The van der Waals surface area contributed by atoms with Crippen molar-refractivity contribution < 1.29 is 14.4 Å². The zero-order chi connectivity index (χ0) is 19.5. The third-order valence-corrected chi connectivity index (χ3v) is 5.00. The van der Waals surface area contributed by atoms with E-state index < -0.39 is 5.97 Å². The van der Waals surface area contributed by atoms with Crippen molar-refractivity contribution in [3.8, 4) is 0 Å². The Labute approximate surface area is 164 Å². The maximum atomic E-state index is 12.3. The van der Waals surface area contributed by atoms with E-state index in [1.807, 2.05) is 38.2 Å². The topological polar surface area (TPSA) is 56.1 Å². The van der Waals surface area contributed by atoms with Crippen molar-refractivity contribution in [3.63, 3.8) is 0 Å². The molecule has 2 heterocycles. The molecule has 28 heavy (non-hydrogen) atoms. The van der Waals surface area contributed by atoms with E-state index in [9.17, 15) is 4.79 Å². The van der Waals surface area contributed by atoms with Gasteiger partial charge in [-0.2, -0.15) is 0 Å². The van der Waals surface area contributed by atoms with Crippen molar-refractivity contribution in [1.29, 1.82) is 0 Å². The van der Waals surface area contributed by atoms with Crippen molar-refractivity contribution in [3.05, 3.63) is 65.2 Å². The second kappa shape index (κ2) is 7.86. The fraction of sp³-hybridized carbons (Fsp3) is 0.273. The van der Waals surface area contributed by atoms with Crippen molar-refractivity contribution >= 4 is 28.9 Å². The number of nitrogens with zero attached hydrogens (tertiary/aromatic N) is 3. The van der Waals surface area contributed by atoms with Crippen LogP contribution in [-0.2, 0) is 16.6 Å². The van der Waals surface area contributed by atoms with Crippen molar-refractivity contribution in [1.82, 2.24) is 4.57 Å².